The van der Waals surface area contributed by atoms with Crippen LogP contribution in [0.5, 0.6) is 5.75 Å². The molecule has 0 unspecified atom stereocenters. The average molecular weight is 512 g/mol. The molecule has 0 saturated carbocycles. The van der Waals surface area contributed by atoms with Crippen molar-refractivity contribution in [2.75, 3.05) is 5.32 Å². The Morgan fingerprint density at radius 1 is 1.03 bits per heavy atom. The minimum Gasteiger partial charge on any atom is -0.434 e. The molecule has 1 aromatic heterocycles. The lowest BCUT2D eigenvalue weighted by atomic mass is 10.1. The monoisotopic (exact) mass is 511 g/mol. The fourth-order valence-corrected chi connectivity index (χ4v) is 2.89. The predicted molar refractivity (Wildman–Crippen MR) is 96.3 cm³/mol. The maximum absolute atomic E-state index is 13.8. The highest BCUT2D eigenvalue weighted by atomic mass is 79.9. The van der Waals surface area contributed by atoms with Crippen molar-refractivity contribution in [2.24, 2.45) is 0 Å². The van der Waals surface area contributed by atoms with Crippen LogP contribution < -0.4 is 10.1 Å². The van der Waals surface area contributed by atoms with Gasteiger partial charge in [0.1, 0.15) is 5.75 Å². The van der Waals surface area contributed by atoms with Gasteiger partial charge in [-0.1, -0.05) is 15.9 Å². The summed E-state index contributed by atoms with van der Waals surface area (Å²) in [6.07, 6.45) is 1.10. The van der Waals surface area contributed by atoms with Crippen LogP contribution in [0, 0.1) is 29.1 Å². The summed E-state index contributed by atoms with van der Waals surface area (Å²) in [5.41, 5.74) is -1.40. The zero-order chi connectivity index (χ0) is 22.9. The minimum atomic E-state index is -3.19. The van der Waals surface area contributed by atoms with Gasteiger partial charge in [-0.15, -0.1) is 0 Å². The number of ether oxygens (including phenoxy) is 1. The van der Waals surface area contributed by atoms with E-state index in [1.54, 1.807) is 0 Å². The van der Waals surface area contributed by atoms with Crippen molar-refractivity contribution in [3.63, 3.8) is 0 Å². The fourth-order valence-electron chi connectivity index (χ4n) is 2.53. The largest absolute Gasteiger partial charge is 0.434 e. The van der Waals surface area contributed by atoms with Crippen molar-refractivity contribution in [1.29, 1.82) is 0 Å². The van der Waals surface area contributed by atoms with E-state index in [0.717, 1.165) is 23.0 Å². The standard InChI is InChI=1S/C18H9BrF7N3O2/c19-7-1-2-10(31-18(25)26)8(5-7)17(30)27-11-3-4-29(28-11)6-9-12(20)14(22)16(24)15(23)13(9)21/h1-5,18H,6H2,(H,27,28,30). The van der Waals surface area contributed by atoms with Crippen LogP contribution in [0.1, 0.15) is 15.9 Å². The summed E-state index contributed by atoms with van der Waals surface area (Å²) < 4.78 is 97.9. The Morgan fingerprint density at radius 2 is 1.65 bits per heavy atom. The predicted octanol–water partition coefficient (Wildman–Crippen LogP) is 5.24. The van der Waals surface area contributed by atoms with E-state index in [1.807, 2.05) is 0 Å². The molecule has 0 atom stereocenters. The number of nitrogens with zero attached hydrogens (tertiary/aromatic N) is 2. The number of alkyl halides is 2. The van der Waals surface area contributed by atoms with E-state index in [4.69, 9.17) is 0 Å². The van der Waals surface area contributed by atoms with Gasteiger partial charge in [0.25, 0.3) is 5.91 Å². The van der Waals surface area contributed by atoms with E-state index in [1.165, 1.54) is 12.1 Å². The Bertz CT molecular complexity index is 1120. The molecule has 0 radical (unpaired) electrons. The number of benzene rings is 2. The van der Waals surface area contributed by atoms with E-state index >= 15 is 0 Å². The molecule has 0 aliphatic heterocycles. The van der Waals surface area contributed by atoms with Gasteiger partial charge in [-0.05, 0) is 18.2 Å². The van der Waals surface area contributed by atoms with Gasteiger partial charge in [-0.3, -0.25) is 9.48 Å². The molecule has 13 heteroatoms. The highest BCUT2D eigenvalue weighted by Crippen LogP contribution is 2.26. The van der Waals surface area contributed by atoms with Crippen molar-refractivity contribution < 1.29 is 40.3 Å². The van der Waals surface area contributed by atoms with Gasteiger partial charge in [0, 0.05) is 16.7 Å². The Balaban J connectivity index is 1.82. The topological polar surface area (TPSA) is 56.2 Å². The molecule has 0 saturated heterocycles. The molecule has 1 amide bonds. The number of rotatable bonds is 6. The maximum atomic E-state index is 13.8. The van der Waals surface area contributed by atoms with Crippen LogP contribution in [0.25, 0.3) is 0 Å². The van der Waals surface area contributed by atoms with Crippen molar-refractivity contribution in [3.8, 4) is 5.75 Å². The third-order valence-corrected chi connectivity index (χ3v) is 4.40. The summed E-state index contributed by atoms with van der Waals surface area (Å²) >= 11 is 3.09. The SMILES string of the molecule is O=C(Nc1ccn(Cc2c(F)c(F)c(F)c(F)c2F)n1)c1cc(Br)ccc1OC(F)F. The van der Waals surface area contributed by atoms with Gasteiger partial charge in [0.15, 0.2) is 29.1 Å². The van der Waals surface area contributed by atoms with Crippen LogP contribution in [0.4, 0.5) is 36.6 Å². The summed E-state index contributed by atoms with van der Waals surface area (Å²) in [7, 11) is 0. The van der Waals surface area contributed by atoms with Gasteiger partial charge in [0.2, 0.25) is 5.82 Å². The Labute approximate surface area is 177 Å². The van der Waals surface area contributed by atoms with Crippen molar-refractivity contribution >= 4 is 27.7 Å². The van der Waals surface area contributed by atoms with E-state index in [2.05, 4.69) is 31.1 Å². The van der Waals surface area contributed by atoms with Crippen molar-refractivity contribution in [2.45, 2.75) is 13.2 Å². The number of carbonyl (C=O) groups excluding carboxylic acids is 1. The Morgan fingerprint density at radius 3 is 2.26 bits per heavy atom. The summed E-state index contributed by atoms with van der Waals surface area (Å²) in [4.78, 5) is 12.4. The number of anilines is 1. The van der Waals surface area contributed by atoms with Crippen LogP contribution in [0.15, 0.2) is 34.9 Å². The van der Waals surface area contributed by atoms with Gasteiger partial charge in [-0.2, -0.15) is 13.9 Å². The van der Waals surface area contributed by atoms with Gasteiger partial charge in [0.05, 0.1) is 17.7 Å². The summed E-state index contributed by atoms with van der Waals surface area (Å²) in [6, 6.07) is 4.87. The second-order valence-electron chi connectivity index (χ2n) is 5.92. The normalized spacial score (nSPS) is 11.1. The Hall–Kier alpha value is -3.09. The first-order valence-electron chi connectivity index (χ1n) is 8.18. The molecule has 5 nitrogen and oxygen atoms in total. The molecule has 3 aromatic rings. The number of carbonyl (C=O) groups is 1. The highest BCUT2D eigenvalue weighted by Gasteiger charge is 2.26. The third-order valence-electron chi connectivity index (χ3n) is 3.91. The number of hydrogen-bond acceptors (Lipinski definition) is 3. The Kier molecular flexibility index (Phi) is 6.53. The lowest BCUT2D eigenvalue weighted by Gasteiger charge is -2.11. The molecular weight excluding hydrogens is 503 g/mol. The molecule has 1 N–H and O–H groups in total. The third kappa shape index (κ3) is 4.81. The van der Waals surface area contributed by atoms with E-state index in [-0.39, 0.29) is 11.4 Å². The first-order chi connectivity index (χ1) is 14.6. The van der Waals surface area contributed by atoms with Crippen LogP contribution in [-0.4, -0.2) is 22.3 Å². The minimum absolute atomic E-state index is 0.183. The average Bonchev–Trinajstić information content (AvgIpc) is 3.16. The van der Waals surface area contributed by atoms with Crippen LogP contribution in [0.2, 0.25) is 0 Å². The van der Waals surface area contributed by atoms with Crippen LogP contribution in [0.3, 0.4) is 0 Å². The van der Waals surface area contributed by atoms with Crippen LogP contribution in [-0.2, 0) is 6.54 Å². The summed E-state index contributed by atoms with van der Waals surface area (Å²) in [6.45, 7) is -4.02. The summed E-state index contributed by atoms with van der Waals surface area (Å²) in [5, 5.41) is 6.01. The van der Waals surface area contributed by atoms with Crippen molar-refractivity contribution in [1.82, 2.24) is 9.78 Å². The molecule has 0 fully saturated rings. The molecule has 0 bridgehead atoms. The number of nitrogens with one attached hydrogen (secondary N) is 1. The molecule has 3 rings (SSSR count). The van der Waals surface area contributed by atoms with Crippen molar-refractivity contribution in [3.05, 3.63) is 75.1 Å². The molecule has 31 heavy (non-hydrogen) atoms. The zero-order valence-corrected chi connectivity index (χ0v) is 16.5. The van der Waals surface area contributed by atoms with Crippen LogP contribution >= 0.6 is 15.9 Å². The van der Waals surface area contributed by atoms with Gasteiger partial charge < -0.3 is 10.1 Å². The zero-order valence-electron chi connectivity index (χ0n) is 14.9. The number of hydrogen-bond donors (Lipinski definition) is 1. The maximum Gasteiger partial charge on any atom is 0.387 e. The lowest BCUT2D eigenvalue weighted by molar-refractivity contribution is -0.0501. The second-order valence-corrected chi connectivity index (χ2v) is 6.84. The molecular formula is C18H9BrF7N3O2. The molecule has 164 valence electrons. The molecule has 1 heterocycles. The molecule has 2 aromatic carbocycles. The first-order valence-corrected chi connectivity index (χ1v) is 8.97. The molecule has 0 spiro atoms. The first kappa shape index (κ1) is 22.6. The number of aromatic nitrogens is 2. The van der Waals surface area contributed by atoms with Gasteiger partial charge >= 0.3 is 6.61 Å². The van der Waals surface area contributed by atoms with E-state index in [0.29, 0.717) is 4.47 Å². The lowest BCUT2D eigenvalue weighted by Crippen LogP contribution is -2.16. The van der Waals surface area contributed by atoms with E-state index < -0.39 is 59.5 Å². The molecule has 0 aliphatic rings. The summed E-state index contributed by atoms with van der Waals surface area (Å²) in [5.74, 6) is -12.0. The van der Waals surface area contributed by atoms with Gasteiger partial charge in [-0.25, -0.2) is 22.0 Å². The van der Waals surface area contributed by atoms with E-state index in [9.17, 15) is 35.5 Å². The number of halogens is 8. The smallest absolute Gasteiger partial charge is 0.387 e. The quantitative estimate of drug-likeness (QED) is 0.279. The number of amides is 1. The second kappa shape index (κ2) is 8.96. The highest BCUT2D eigenvalue weighted by molar-refractivity contribution is 9.10. The molecule has 0 aliphatic carbocycles. The fraction of sp³-hybridized carbons (Fsp3) is 0.111.